The number of rotatable bonds is 5. The molecule has 0 spiro atoms. The van der Waals surface area contributed by atoms with E-state index >= 15 is 0 Å². The van der Waals surface area contributed by atoms with E-state index in [-0.39, 0.29) is 5.41 Å². The summed E-state index contributed by atoms with van der Waals surface area (Å²) >= 11 is -3.69. The Kier molecular flexibility index (Phi) is 7.45. The fourth-order valence-corrected chi connectivity index (χ4v) is 21.7. The molecule has 59 heavy (non-hydrogen) atoms. The van der Waals surface area contributed by atoms with Crippen molar-refractivity contribution < 1.29 is 0 Å². The summed E-state index contributed by atoms with van der Waals surface area (Å²) in [5, 5.41) is 2.57. The molecule has 4 heteroatoms. The summed E-state index contributed by atoms with van der Waals surface area (Å²) in [5.74, 6) is 0.729. The van der Waals surface area contributed by atoms with Crippen LogP contribution in [0.25, 0.3) is 72.5 Å². The Bertz CT molecular complexity index is 3250. The van der Waals surface area contributed by atoms with E-state index in [1.807, 2.05) is 0 Å². The van der Waals surface area contributed by atoms with Gasteiger partial charge < -0.3 is 0 Å². The molecule has 278 valence electrons. The molecule has 1 aliphatic heterocycles. The molecular weight excluding hydrogens is 775 g/mol. The molecule has 2 aliphatic rings. The van der Waals surface area contributed by atoms with Crippen LogP contribution < -0.4 is 17.6 Å². The number of hydrogen-bond donors (Lipinski definition) is 0. The molecule has 0 radical (unpaired) electrons. The Balaban J connectivity index is 1.17. The number of nitrogens with zero attached hydrogens (tertiary/aromatic N) is 3. The Labute approximate surface area is 346 Å². The van der Waals surface area contributed by atoms with Crippen LogP contribution in [0.4, 0.5) is 0 Å². The van der Waals surface area contributed by atoms with Gasteiger partial charge in [-0.2, -0.15) is 0 Å². The molecule has 1 aliphatic carbocycles. The van der Waals surface area contributed by atoms with E-state index < -0.39 is 13.3 Å². The standard InChI is InChI=1S/C55H39GeN3/c1-55(2)44-30-16-12-26-39(44)40-34-35-48-49(50(40)55)42-28-14-18-32-46(42)59(48)47-33-19-15-29-43(47)54-57-52(36-20-6-3-7-21-36)51-53(58-54)41-27-13-17-31-45(41)56(51,37-22-8-4-9-23-37)38-24-10-5-11-25-38/h3-35H,1-2H3. The van der Waals surface area contributed by atoms with Gasteiger partial charge in [-0.05, 0) is 0 Å². The van der Waals surface area contributed by atoms with Crippen LogP contribution in [0.2, 0.25) is 0 Å². The van der Waals surface area contributed by atoms with Gasteiger partial charge >= 0.3 is 324 Å². The van der Waals surface area contributed by atoms with Crippen molar-refractivity contribution in [2.75, 3.05) is 0 Å². The molecule has 12 rings (SSSR count). The quantitative estimate of drug-likeness (QED) is 0.162. The van der Waals surface area contributed by atoms with E-state index in [1.165, 1.54) is 67.2 Å². The van der Waals surface area contributed by atoms with Crippen LogP contribution in [0.3, 0.4) is 0 Å². The maximum absolute atomic E-state index is 5.78. The van der Waals surface area contributed by atoms with E-state index in [1.54, 1.807) is 0 Å². The Morgan fingerprint density at radius 1 is 0.458 bits per heavy atom. The first-order chi connectivity index (χ1) is 29.1. The van der Waals surface area contributed by atoms with Gasteiger partial charge in [-0.3, -0.25) is 0 Å². The summed E-state index contributed by atoms with van der Waals surface area (Å²) in [6.45, 7) is 4.77. The first-order valence-electron chi connectivity index (χ1n) is 20.5. The van der Waals surface area contributed by atoms with Gasteiger partial charge in [0, 0.05) is 0 Å². The van der Waals surface area contributed by atoms with Gasteiger partial charge in [0.15, 0.2) is 0 Å². The molecule has 8 aromatic carbocycles. The zero-order valence-corrected chi connectivity index (χ0v) is 35.0. The number of para-hydroxylation sites is 2. The Hall–Kier alpha value is -6.82. The third kappa shape index (κ3) is 4.71. The van der Waals surface area contributed by atoms with Crippen molar-refractivity contribution in [2.24, 2.45) is 0 Å². The molecule has 2 aromatic heterocycles. The molecule has 3 heterocycles. The number of fused-ring (bicyclic) bond motifs is 10. The fraction of sp³-hybridized carbons (Fsp3) is 0.0545. The first-order valence-corrected chi connectivity index (χ1v) is 24.7. The van der Waals surface area contributed by atoms with Gasteiger partial charge in [-0.15, -0.1) is 0 Å². The van der Waals surface area contributed by atoms with Crippen molar-refractivity contribution in [3.05, 3.63) is 211 Å². The summed E-state index contributed by atoms with van der Waals surface area (Å²) < 4.78 is 7.91. The second-order valence-corrected chi connectivity index (χ2v) is 24.2. The molecule has 3 nitrogen and oxygen atoms in total. The fourth-order valence-electron chi connectivity index (χ4n) is 10.7. The average Bonchev–Trinajstić information content (AvgIpc) is 3.88. The van der Waals surface area contributed by atoms with Gasteiger partial charge in [0.2, 0.25) is 0 Å². The maximum atomic E-state index is 5.78. The summed E-state index contributed by atoms with van der Waals surface area (Å²) in [4.78, 5) is 11.5. The van der Waals surface area contributed by atoms with Gasteiger partial charge in [0.05, 0.1) is 0 Å². The van der Waals surface area contributed by atoms with Gasteiger partial charge in [0.25, 0.3) is 0 Å². The SMILES string of the molecule is CC1(C)c2ccccc2-c2ccc3c(c21)c1ccccc1n3-c1ccccc1-c1nc(-c2ccccc2)[c]2c(n1)-c1cccc[c]1[Ge]2([c]1ccccc1)[c]1ccccc1. The molecule has 0 bridgehead atoms. The third-order valence-corrected chi connectivity index (χ3v) is 23.3. The Morgan fingerprint density at radius 3 is 1.78 bits per heavy atom. The minimum atomic E-state index is -3.69. The summed E-state index contributed by atoms with van der Waals surface area (Å²) in [6, 6.07) is 73.5. The van der Waals surface area contributed by atoms with E-state index in [4.69, 9.17) is 9.97 Å². The zero-order valence-electron chi connectivity index (χ0n) is 32.9. The van der Waals surface area contributed by atoms with Crippen LogP contribution in [-0.2, 0) is 5.41 Å². The molecule has 0 unspecified atom stereocenters. The van der Waals surface area contributed by atoms with Crippen molar-refractivity contribution in [2.45, 2.75) is 19.3 Å². The molecule has 0 N–H and O–H groups in total. The van der Waals surface area contributed by atoms with Crippen molar-refractivity contribution in [3.8, 4) is 50.7 Å². The molecule has 0 amide bonds. The predicted molar refractivity (Wildman–Crippen MR) is 247 cm³/mol. The van der Waals surface area contributed by atoms with Crippen LogP contribution in [0.1, 0.15) is 25.0 Å². The minimum absolute atomic E-state index is 0.157. The predicted octanol–water partition coefficient (Wildman–Crippen LogP) is 10.6. The van der Waals surface area contributed by atoms with Crippen LogP contribution in [-0.4, -0.2) is 27.8 Å². The summed E-state index contributed by atoms with van der Waals surface area (Å²) in [6.07, 6.45) is 0. The molecule has 0 atom stereocenters. The second-order valence-electron chi connectivity index (χ2n) is 16.4. The van der Waals surface area contributed by atoms with Crippen LogP contribution in [0.5, 0.6) is 0 Å². The topological polar surface area (TPSA) is 30.7 Å². The van der Waals surface area contributed by atoms with Crippen molar-refractivity contribution >= 4 is 52.7 Å². The molecule has 0 saturated heterocycles. The second kappa shape index (κ2) is 12.8. The van der Waals surface area contributed by atoms with Crippen LogP contribution in [0, 0.1) is 0 Å². The third-order valence-electron chi connectivity index (χ3n) is 13.1. The van der Waals surface area contributed by atoms with Gasteiger partial charge in [0.1, 0.15) is 0 Å². The van der Waals surface area contributed by atoms with Crippen molar-refractivity contribution in [3.63, 3.8) is 0 Å². The Morgan fingerprint density at radius 2 is 1.03 bits per heavy atom. The van der Waals surface area contributed by atoms with E-state index in [9.17, 15) is 0 Å². The monoisotopic (exact) mass is 815 g/mol. The molecule has 10 aromatic rings. The number of benzene rings is 8. The summed E-state index contributed by atoms with van der Waals surface area (Å²) in [5.41, 5.74) is 14.1. The first kappa shape index (κ1) is 34.2. The number of aromatic nitrogens is 3. The molecule has 0 fully saturated rings. The molecule has 0 saturated carbocycles. The van der Waals surface area contributed by atoms with Gasteiger partial charge in [-0.1, -0.05) is 24.3 Å². The van der Waals surface area contributed by atoms with Crippen molar-refractivity contribution in [1.29, 1.82) is 0 Å². The molecular formula is C55H39GeN3. The van der Waals surface area contributed by atoms with Crippen LogP contribution in [0.15, 0.2) is 200 Å². The average molecular weight is 815 g/mol. The summed E-state index contributed by atoms with van der Waals surface area (Å²) in [7, 11) is 0. The number of hydrogen-bond acceptors (Lipinski definition) is 2. The van der Waals surface area contributed by atoms with E-state index in [2.05, 4.69) is 219 Å². The van der Waals surface area contributed by atoms with E-state index in [0.29, 0.717) is 0 Å². The zero-order chi connectivity index (χ0) is 39.3. The van der Waals surface area contributed by atoms with Gasteiger partial charge in [-0.25, -0.2) is 0 Å². The van der Waals surface area contributed by atoms with Crippen LogP contribution >= 0.6 is 0 Å². The normalized spacial score (nSPS) is 14.2. The van der Waals surface area contributed by atoms with E-state index in [0.717, 1.165) is 34.0 Å². The van der Waals surface area contributed by atoms with Crippen molar-refractivity contribution in [1.82, 2.24) is 14.5 Å².